The maximum atomic E-state index is 12.8. The van der Waals surface area contributed by atoms with Crippen molar-refractivity contribution in [2.45, 2.75) is 60.3 Å². The van der Waals surface area contributed by atoms with Crippen molar-refractivity contribution < 1.29 is 4.79 Å². The van der Waals surface area contributed by atoms with E-state index in [4.69, 9.17) is 11.6 Å². The van der Waals surface area contributed by atoms with Crippen LogP contribution < -0.4 is 0 Å². The molecule has 2 rings (SSSR count). The maximum Gasteiger partial charge on any atom is 0.167 e. The van der Waals surface area contributed by atoms with Gasteiger partial charge in [0.25, 0.3) is 0 Å². The fourth-order valence-corrected chi connectivity index (χ4v) is 3.72. The summed E-state index contributed by atoms with van der Waals surface area (Å²) in [6, 6.07) is 3.89. The molecule has 0 saturated heterocycles. The van der Waals surface area contributed by atoms with Crippen molar-refractivity contribution in [2.75, 3.05) is 0 Å². The number of benzene rings is 1. The summed E-state index contributed by atoms with van der Waals surface area (Å²) in [6.45, 7) is 11.0. The van der Waals surface area contributed by atoms with Crippen molar-refractivity contribution in [3.05, 3.63) is 33.8 Å². The van der Waals surface area contributed by atoms with Crippen LogP contribution in [-0.2, 0) is 0 Å². The van der Waals surface area contributed by atoms with E-state index < -0.39 is 0 Å². The van der Waals surface area contributed by atoms with Crippen molar-refractivity contribution in [2.24, 2.45) is 17.3 Å². The molecule has 0 spiro atoms. The zero-order chi connectivity index (χ0) is 15.8. The third kappa shape index (κ3) is 3.69. The molecule has 1 aromatic rings. The second-order valence-corrected chi connectivity index (χ2v) is 8.10. The summed E-state index contributed by atoms with van der Waals surface area (Å²) >= 11 is 6.30. The van der Waals surface area contributed by atoms with Gasteiger partial charge in [-0.15, -0.1) is 0 Å². The summed E-state index contributed by atoms with van der Waals surface area (Å²) in [7, 11) is 0. The molecule has 0 aromatic heterocycles. The molecule has 1 fully saturated rings. The fourth-order valence-electron chi connectivity index (χ4n) is 3.41. The maximum absolute atomic E-state index is 12.8. The minimum atomic E-state index is 0.156. The lowest BCUT2D eigenvalue weighted by atomic mass is 9.68. The first-order chi connectivity index (χ1) is 9.70. The van der Waals surface area contributed by atoms with Gasteiger partial charge in [-0.3, -0.25) is 4.79 Å². The van der Waals surface area contributed by atoms with Gasteiger partial charge in [-0.1, -0.05) is 32.4 Å². The molecule has 2 heteroatoms. The lowest BCUT2D eigenvalue weighted by Crippen LogP contribution is -2.29. The Morgan fingerprint density at radius 3 is 2.10 bits per heavy atom. The van der Waals surface area contributed by atoms with Crippen LogP contribution in [0.1, 0.15) is 67.9 Å². The zero-order valence-electron chi connectivity index (χ0n) is 13.9. The van der Waals surface area contributed by atoms with Gasteiger partial charge in [0.05, 0.1) is 5.02 Å². The second-order valence-electron chi connectivity index (χ2n) is 7.70. The Labute approximate surface area is 134 Å². The van der Waals surface area contributed by atoms with Crippen molar-refractivity contribution in [3.63, 3.8) is 0 Å². The summed E-state index contributed by atoms with van der Waals surface area (Å²) in [4.78, 5) is 12.8. The largest absolute Gasteiger partial charge is 0.294 e. The normalized spacial score (nSPS) is 23.1. The van der Waals surface area contributed by atoms with E-state index >= 15 is 0 Å². The van der Waals surface area contributed by atoms with Crippen LogP contribution in [-0.4, -0.2) is 5.78 Å². The summed E-state index contributed by atoms with van der Waals surface area (Å²) < 4.78 is 0. The quantitative estimate of drug-likeness (QED) is 0.613. The highest BCUT2D eigenvalue weighted by Crippen LogP contribution is 2.41. The fraction of sp³-hybridized carbons (Fsp3) is 0.632. The first-order valence-electron chi connectivity index (χ1n) is 8.01. The third-order valence-corrected chi connectivity index (χ3v) is 5.48. The standard InChI is InChI=1S/C19H27ClO/c1-12-10-16(17(20)11-13(12)2)18(21)14-6-8-15(9-7-14)19(3,4)5/h10-11,14-15H,6-9H2,1-5H3. The van der Waals surface area contributed by atoms with Crippen LogP contribution in [0, 0.1) is 31.1 Å². The lowest BCUT2D eigenvalue weighted by molar-refractivity contribution is 0.0819. The van der Waals surface area contributed by atoms with E-state index in [9.17, 15) is 4.79 Å². The third-order valence-electron chi connectivity index (χ3n) is 5.17. The zero-order valence-corrected chi connectivity index (χ0v) is 14.7. The molecule has 0 unspecified atom stereocenters. The number of carbonyl (C=O) groups is 1. The smallest absolute Gasteiger partial charge is 0.167 e. The van der Waals surface area contributed by atoms with Crippen molar-refractivity contribution >= 4 is 17.4 Å². The van der Waals surface area contributed by atoms with E-state index in [-0.39, 0.29) is 11.7 Å². The van der Waals surface area contributed by atoms with Crippen LogP contribution in [0.5, 0.6) is 0 Å². The molecule has 116 valence electrons. The topological polar surface area (TPSA) is 17.1 Å². The van der Waals surface area contributed by atoms with Gasteiger partial charge < -0.3 is 0 Å². The van der Waals surface area contributed by atoms with E-state index in [1.165, 1.54) is 0 Å². The molecule has 1 aliphatic rings. The van der Waals surface area contributed by atoms with E-state index in [0.717, 1.165) is 48.3 Å². The summed E-state index contributed by atoms with van der Waals surface area (Å²) in [5, 5.41) is 0.612. The van der Waals surface area contributed by atoms with Crippen molar-refractivity contribution in [1.29, 1.82) is 0 Å². The highest BCUT2D eigenvalue weighted by atomic mass is 35.5. The van der Waals surface area contributed by atoms with E-state index in [1.807, 2.05) is 26.0 Å². The Kier molecular flexibility index (Phi) is 4.82. The predicted octanol–water partition coefficient (Wildman–Crippen LogP) is 5.99. The molecule has 0 N–H and O–H groups in total. The van der Waals surface area contributed by atoms with Gasteiger partial charge in [0, 0.05) is 11.5 Å². The Morgan fingerprint density at radius 2 is 1.57 bits per heavy atom. The van der Waals surface area contributed by atoms with Gasteiger partial charge in [0.2, 0.25) is 0 Å². The van der Waals surface area contributed by atoms with Crippen molar-refractivity contribution in [3.8, 4) is 0 Å². The number of halogens is 1. The average Bonchev–Trinajstić information content (AvgIpc) is 2.41. The van der Waals surface area contributed by atoms with Crippen LogP contribution in [0.15, 0.2) is 12.1 Å². The van der Waals surface area contributed by atoms with Crippen LogP contribution in [0.25, 0.3) is 0 Å². The molecule has 0 radical (unpaired) electrons. The van der Waals surface area contributed by atoms with Crippen LogP contribution in [0.3, 0.4) is 0 Å². The Hall–Kier alpha value is -0.820. The van der Waals surface area contributed by atoms with Gasteiger partial charge in [-0.05, 0) is 74.1 Å². The first kappa shape index (κ1) is 16.5. The summed E-state index contributed by atoms with van der Waals surface area (Å²) in [5.74, 6) is 1.13. The highest BCUT2D eigenvalue weighted by molar-refractivity contribution is 6.34. The molecule has 0 heterocycles. The molecule has 1 saturated carbocycles. The number of Topliss-reactive ketones (excluding diaryl/α,β-unsaturated/α-hetero) is 1. The minimum absolute atomic E-state index is 0.156. The Balaban J connectivity index is 2.11. The molecule has 1 aliphatic carbocycles. The number of hydrogen-bond donors (Lipinski definition) is 0. The molecule has 0 aliphatic heterocycles. The Morgan fingerprint density at radius 1 is 1.05 bits per heavy atom. The minimum Gasteiger partial charge on any atom is -0.294 e. The molecule has 1 aromatic carbocycles. The summed E-state index contributed by atoms with van der Waals surface area (Å²) in [6.07, 6.45) is 4.32. The van der Waals surface area contributed by atoms with Gasteiger partial charge in [0.1, 0.15) is 0 Å². The average molecular weight is 307 g/mol. The van der Waals surface area contributed by atoms with Crippen LogP contribution in [0.2, 0.25) is 5.02 Å². The molecule has 0 atom stereocenters. The van der Waals surface area contributed by atoms with Gasteiger partial charge in [0.15, 0.2) is 5.78 Å². The molecular weight excluding hydrogens is 280 g/mol. The van der Waals surface area contributed by atoms with Crippen molar-refractivity contribution in [1.82, 2.24) is 0 Å². The van der Waals surface area contributed by atoms with Gasteiger partial charge in [-0.25, -0.2) is 0 Å². The number of rotatable bonds is 2. The van der Waals surface area contributed by atoms with Gasteiger partial charge >= 0.3 is 0 Å². The van der Waals surface area contributed by atoms with E-state index in [0.29, 0.717) is 10.4 Å². The molecule has 1 nitrogen and oxygen atoms in total. The van der Waals surface area contributed by atoms with Crippen LogP contribution >= 0.6 is 11.6 Å². The Bertz CT molecular complexity index is 531. The number of carbonyl (C=O) groups excluding carboxylic acids is 1. The van der Waals surface area contributed by atoms with Gasteiger partial charge in [-0.2, -0.15) is 0 Å². The second kappa shape index (κ2) is 6.12. The number of aryl methyl sites for hydroxylation is 2. The van der Waals surface area contributed by atoms with Crippen LogP contribution in [0.4, 0.5) is 0 Å². The summed E-state index contributed by atoms with van der Waals surface area (Å²) in [5.41, 5.74) is 3.37. The molecular formula is C19H27ClO. The predicted molar refractivity (Wildman–Crippen MR) is 90.2 cm³/mol. The number of hydrogen-bond acceptors (Lipinski definition) is 1. The highest BCUT2D eigenvalue weighted by Gasteiger charge is 2.33. The van der Waals surface area contributed by atoms with E-state index in [1.54, 1.807) is 0 Å². The molecule has 21 heavy (non-hydrogen) atoms. The first-order valence-corrected chi connectivity index (χ1v) is 8.39. The monoisotopic (exact) mass is 306 g/mol. The SMILES string of the molecule is Cc1cc(Cl)c(C(=O)C2CCC(C(C)(C)C)CC2)cc1C. The molecule has 0 bridgehead atoms. The number of ketones is 1. The lowest BCUT2D eigenvalue weighted by Gasteiger charge is -2.36. The van der Waals surface area contributed by atoms with E-state index in [2.05, 4.69) is 20.8 Å². The molecule has 0 amide bonds.